The maximum absolute atomic E-state index is 12.5. The third kappa shape index (κ3) is 7.81. The summed E-state index contributed by atoms with van der Waals surface area (Å²) in [6.07, 6.45) is 1.16. The van der Waals surface area contributed by atoms with Crippen LogP contribution in [0.2, 0.25) is 5.02 Å². The average molecular weight is 503 g/mol. The van der Waals surface area contributed by atoms with E-state index in [4.69, 9.17) is 11.6 Å². The van der Waals surface area contributed by atoms with Crippen LogP contribution in [0.4, 0.5) is 5.69 Å². The molecule has 0 bridgehead atoms. The van der Waals surface area contributed by atoms with E-state index in [-0.39, 0.29) is 12.5 Å². The Morgan fingerprint density at radius 2 is 1.70 bits per heavy atom. The van der Waals surface area contributed by atoms with Crippen molar-refractivity contribution in [1.82, 2.24) is 5.32 Å². The molecule has 33 heavy (non-hydrogen) atoms. The zero-order valence-electron chi connectivity index (χ0n) is 18.6. The SMILES string of the molecule is Cc1cccc(CSCCNC(=O)c2ccc(N(Cc3ccc(Cl)cc3)S(C)(=O)=O)cc2)c1. The predicted octanol–water partition coefficient (Wildman–Crippen LogP) is 5.28. The Hall–Kier alpha value is -2.48. The zero-order valence-corrected chi connectivity index (χ0v) is 21.0. The number of hydrogen-bond donors (Lipinski definition) is 1. The summed E-state index contributed by atoms with van der Waals surface area (Å²) in [5, 5.41) is 3.51. The Bertz CT molecular complexity index is 1180. The molecule has 3 aromatic rings. The zero-order chi connectivity index (χ0) is 23.8. The third-order valence-corrected chi connectivity index (χ3v) is 7.36. The summed E-state index contributed by atoms with van der Waals surface area (Å²) >= 11 is 7.69. The molecular weight excluding hydrogens is 476 g/mol. The molecule has 0 unspecified atom stereocenters. The Kier molecular flexibility index (Phi) is 8.83. The minimum atomic E-state index is -3.51. The number of halogens is 1. The lowest BCUT2D eigenvalue weighted by Crippen LogP contribution is -2.29. The summed E-state index contributed by atoms with van der Waals surface area (Å²) in [6, 6.07) is 22.0. The first-order chi connectivity index (χ1) is 15.7. The monoisotopic (exact) mass is 502 g/mol. The highest BCUT2D eigenvalue weighted by Crippen LogP contribution is 2.22. The molecule has 0 radical (unpaired) electrons. The fourth-order valence-electron chi connectivity index (χ4n) is 3.27. The number of sulfonamides is 1. The van der Waals surface area contributed by atoms with Crippen molar-refractivity contribution >= 4 is 45.0 Å². The molecule has 0 spiro atoms. The van der Waals surface area contributed by atoms with Gasteiger partial charge in [0.25, 0.3) is 5.91 Å². The number of nitrogens with zero attached hydrogens (tertiary/aromatic N) is 1. The maximum atomic E-state index is 12.5. The Labute approximate surface area is 205 Å². The third-order valence-electron chi connectivity index (χ3n) is 4.94. The number of amides is 1. The van der Waals surface area contributed by atoms with E-state index in [0.29, 0.717) is 22.8 Å². The number of nitrogens with one attached hydrogen (secondary N) is 1. The van der Waals surface area contributed by atoms with Crippen LogP contribution in [0.5, 0.6) is 0 Å². The molecule has 3 aromatic carbocycles. The summed E-state index contributed by atoms with van der Waals surface area (Å²) in [6.45, 7) is 2.81. The van der Waals surface area contributed by atoms with Crippen LogP contribution >= 0.6 is 23.4 Å². The molecule has 0 saturated heterocycles. The summed E-state index contributed by atoms with van der Waals surface area (Å²) < 4.78 is 26.0. The summed E-state index contributed by atoms with van der Waals surface area (Å²) in [5.74, 6) is 1.53. The molecule has 0 aliphatic carbocycles. The molecule has 0 fully saturated rings. The van der Waals surface area contributed by atoms with Gasteiger partial charge >= 0.3 is 0 Å². The lowest BCUT2D eigenvalue weighted by Gasteiger charge is -2.22. The van der Waals surface area contributed by atoms with Crippen LogP contribution in [-0.2, 0) is 22.3 Å². The second-order valence-electron chi connectivity index (χ2n) is 7.74. The maximum Gasteiger partial charge on any atom is 0.251 e. The van der Waals surface area contributed by atoms with Gasteiger partial charge in [-0.2, -0.15) is 11.8 Å². The second kappa shape index (κ2) is 11.6. The smallest absolute Gasteiger partial charge is 0.251 e. The van der Waals surface area contributed by atoms with Crippen molar-refractivity contribution in [1.29, 1.82) is 0 Å². The number of hydrogen-bond acceptors (Lipinski definition) is 4. The van der Waals surface area contributed by atoms with E-state index in [2.05, 4.69) is 36.5 Å². The molecule has 174 valence electrons. The van der Waals surface area contributed by atoms with Crippen LogP contribution in [-0.4, -0.2) is 32.9 Å². The highest BCUT2D eigenvalue weighted by atomic mass is 35.5. The molecular formula is C25H27ClN2O3S2. The van der Waals surface area contributed by atoms with Crippen molar-refractivity contribution in [3.05, 3.63) is 100 Å². The van der Waals surface area contributed by atoms with E-state index < -0.39 is 10.0 Å². The lowest BCUT2D eigenvalue weighted by atomic mass is 10.2. The summed E-state index contributed by atoms with van der Waals surface area (Å²) in [4.78, 5) is 12.5. The molecule has 1 N–H and O–H groups in total. The molecule has 0 heterocycles. The van der Waals surface area contributed by atoms with Crippen LogP contribution in [0.25, 0.3) is 0 Å². The van der Waals surface area contributed by atoms with Crippen molar-refractivity contribution in [2.24, 2.45) is 0 Å². The first-order valence-electron chi connectivity index (χ1n) is 10.5. The van der Waals surface area contributed by atoms with E-state index in [1.54, 1.807) is 60.3 Å². The number of aryl methyl sites for hydroxylation is 1. The van der Waals surface area contributed by atoms with Crippen molar-refractivity contribution in [2.75, 3.05) is 22.9 Å². The van der Waals surface area contributed by atoms with Gasteiger partial charge in [0.05, 0.1) is 18.5 Å². The first kappa shape index (κ1) is 25.1. The molecule has 5 nitrogen and oxygen atoms in total. The lowest BCUT2D eigenvalue weighted by molar-refractivity contribution is 0.0956. The van der Waals surface area contributed by atoms with Crippen molar-refractivity contribution < 1.29 is 13.2 Å². The molecule has 0 aromatic heterocycles. The Balaban J connectivity index is 1.54. The van der Waals surface area contributed by atoms with E-state index in [9.17, 15) is 13.2 Å². The molecule has 0 saturated carbocycles. The molecule has 0 atom stereocenters. The number of carbonyl (C=O) groups is 1. The molecule has 0 aliphatic heterocycles. The Morgan fingerprint density at radius 1 is 1.00 bits per heavy atom. The van der Waals surface area contributed by atoms with E-state index in [0.717, 1.165) is 23.3 Å². The standard InChI is InChI=1S/C25H27ClN2O3S2/c1-19-4-3-5-21(16-19)18-32-15-14-27-25(29)22-8-12-24(13-9-22)28(33(2,30)31)17-20-6-10-23(26)11-7-20/h3-13,16H,14-15,17-18H2,1-2H3,(H,27,29). The van der Waals surface area contributed by atoms with Gasteiger partial charge in [-0.1, -0.05) is 53.6 Å². The number of benzene rings is 3. The van der Waals surface area contributed by atoms with Gasteiger partial charge in [-0.3, -0.25) is 9.10 Å². The minimum absolute atomic E-state index is 0.179. The van der Waals surface area contributed by atoms with Crippen molar-refractivity contribution in [3.8, 4) is 0 Å². The predicted molar refractivity (Wildman–Crippen MR) is 139 cm³/mol. The molecule has 0 aliphatic rings. The number of rotatable bonds is 10. The topological polar surface area (TPSA) is 66.5 Å². The van der Waals surface area contributed by atoms with Crippen LogP contribution in [0.1, 0.15) is 27.0 Å². The summed E-state index contributed by atoms with van der Waals surface area (Å²) in [7, 11) is -3.51. The quantitative estimate of drug-likeness (QED) is 0.383. The van der Waals surface area contributed by atoms with Gasteiger partial charge in [0, 0.05) is 28.6 Å². The van der Waals surface area contributed by atoms with Gasteiger partial charge in [0.15, 0.2) is 0 Å². The van der Waals surface area contributed by atoms with Gasteiger partial charge < -0.3 is 5.32 Å². The second-order valence-corrected chi connectivity index (χ2v) is 11.2. The number of carbonyl (C=O) groups excluding carboxylic acids is 1. The van der Waals surface area contributed by atoms with Gasteiger partial charge in [-0.15, -0.1) is 0 Å². The molecule has 3 rings (SSSR count). The van der Waals surface area contributed by atoms with Crippen molar-refractivity contribution in [3.63, 3.8) is 0 Å². The van der Waals surface area contributed by atoms with Gasteiger partial charge in [-0.05, 0) is 54.4 Å². The van der Waals surface area contributed by atoms with Crippen LogP contribution in [0.3, 0.4) is 0 Å². The van der Waals surface area contributed by atoms with Gasteiger partial charge in [0.2, 0.25) is 10.0 Å². The minimum Gasteiger partial charge on any atom is -0.351 e. The van der Waals surface area contributed by atoms with E-state index >= 15 is 0 Å². The van der Waals surface area contributed by atoms with Gasteiger partial charge in [-0.25, -0.2) is 8.42 Å². The van der Waals surface area contributed by atoms with E-state index in [1.165, 1.54) is 15.4 Å². The van der Waals surface area contributed by atoms with Crippen LogP contribution in [0.15, 0.2) is 72.8 Å². The Morgan fingerprint density at radius 3 is 2.33 bits per heavy atom. The summed E-state index contributed by atoms with van der Waals surface area (Å²) in [5.41, 5.74) is 4.32. The van der Waals surface area contributed by atoms with Crippen molar-refractivity contribution in [2.45, 2.75) is 19.2 Å². The van der Waals surface area contributed by atoms with E-state index in [1.807, 2.05) is 0 Å². The first-order valence-corrected chi connectivity index (χ1v) is 13.8. The number of thioether (sulfide) groups is 1. The average Bonchev–Trinajstić information content (AvgIpc) is 2.78. The van der Waals surface area contributed by atoms with Crippen LogP contribution < -0.4 is 9.62 Å². The highest BCUT2D eigenvalue weighted by Gasteiger charge is 2.18. The normalized spacial score (nSPS) is 11.2. The largest absolute Gasteiger partial charge is 0.351 e. The fourth-order valence-corrected chi connectivity index (χ4v) is 5.09. The molecule has 8 heteroatoms. The number of anilines is 1. The molecule has 1 amide bonds. The highest BCUT2D eigenvalue weighted by molar-refractivity contribution is 7.98. The van der Waals surface area contributed by atoms with Gasteiger partial charge in [0.1, 0.15) is 0 Å². The fraction of sp³-hybridized carbons (Fsp3) is 0.240. The van der Waals surface area contributed by atoms with Crippen LogP contribution in [0, 0.1) is 6.92 Å².